The summed E-state index contributed by atoms with van der Waals surface area (Å²) in [5.41, 5.74) is 5.28. The van der Waals surface area contributed by atoms with E-state index in [1.807, 2.05) is 54.9 Å². The summed E-state index contributed by atoms with van der Waals surface area (Å²) in [6.45, 7) is 4.18. The van der Waals surface area contributed by atoms with Gasteiger partial charge < -0.3 is 19.9 Å². The normalized spacial score (nSPS) is 14.3. The first-order valence-electron chi connectivity index (χ1n) is 11.2. The number of aromatic nitrogens is 6. The highest BCUT2D eigenvalue weighted by molar-refractivity contribution is 5.87. The zero-order valence-corrected chi connectivity index (χ0v) is 19.2. The molecule has 170 valence electrons. The Kier molecular flexibility index (Phi) is 4.58. The van der Waals surface area contributed by atoms with Crippen LogP contribution in [0.1, 0.15) is 25.3 Å². The van der Waals surface area contributed by atoms with Crippen LogP contribution in [0.2, 0.25) is 0 Å². The van der Waals surface area contributed by atoms with Crippen LogP contribution in [-0.4, -0.2) is 35.0 Å². The minimum Gasteiger partial charge on any atom is -0.457 e. The van der Waals surface area contributed by atoms with Gasteiger partial charge in [-0.2, -0.15) is 0 Å². The van der Waals surface area contributed by atoms with Gasteiger partial charge in [0.1, 0.15) is 28.9 Å². The van der Waals surface area contributed by atoms with Crippen molar-refractivity contribution in [3.8, 4) is 11.5 Å². The van der Waals surface area contributed by atoms with E-state index < -0.39 is 0 Å². The molecule has 0 unspecified atom stereocenters. The molecule has 5 aromatic rings. The van der Waals surface area contributed by atoms with Crippen LogP contribution >= 0.6 is 0 Å². The highest BCUT2D eigenvalue weighted by atomic mass is 16.5. The fourth-order valence-corrected chi connectivity index (χ4v) is 3.87. The van der Waals surface area contributed by atoms with Crippen molar-refractivity contribution in [2.45, 2.75) is 32.2 Å². The molecule has 0 atom stereocenters. The van der Waals surface area contributed by atoms with Crippen LogP contribution in [-0.2, 0) is 7.05 Å². The summed E-state index contributed by atoms with van der Waals surface area (Å²) in [6, 6.07) is 11.8. The van der Waals surface area contributed by atoms with E-state index in [-0.39, 0.29) is 5.54 Å². The average molecular weight is 453 g/mol. The van der Waals surface area contributed by atoms with Crippen LogP contribution in [0, 0.1) is 6.92 Å². The van der Waals surface area contributed by atoms with Gasteiger partial charge in [0.25, 0.3) is 0 Å². The van der Waals surface area contributed by atoms with Crippen molar-refractivity contribution in [1.29, 1.82) is 0 Å². The molecule has 0 spiro atoms. The molecule has 1 aliphatic carbocycles. The first-order valence-corrected chi connectivity index (χ1v) is 11.2. The lowest BCUT2D eigenvalue weighted by Gasteiger charge is -2.14. The predicted molar refractivity (Wildman–Crippen MR) is 132 cm³/mol. The molecule has 0 saturated heterocycles. The molecular formula is C25H24N8O. The number of benzene rings is 2. The van der Waals surface area contributed by atoms with E-state index in [4.69, 9.17) is 4.74 Å². The van der Waals surface area contributed by atoms with E-state index in [1.54, 1.807) is 12.5 Å². The van der Waals surface area contributed by atoms with Crippen molar-refractivity contribution >= 4 is 39.5 Å². The Hall–Kier alpha value is -4.27. The summed E-state index contributed by atoms with van der Waals surface area (Å²) in [7, 11) is 1.98. The molecule has 3 aromatic heterocycles. The van der Waals surface area contributed by atoms with Gasteiger partial charge in [-0.3, -0.25) is 0 Å². The number of fused-ring (bicyclic) bond motifs is 2. The number of ether oxygens (including phenoxy) is 1. The van der Waals surface area contributed by atoms with Crippen LogP contribution in [0.15, 0.2) is 55.2 Å². The maximum absolute atomic E-state index is 6.14. The molecule has 1 saturated carbocycles. The summed E-state index contributed by atoms with van der Waals surface area (Å²) in [6.07, 6.45) is 7.28. The number of hydrogen-bond donors (Lipinski definition) is 2. The third kappa shape index (κ3) is 3.85. The molecule has 9 heteroatoms. The summed E-state index contributed by atoms with van der Waals surface area (Å²) in [5.74, 6) is 2.75. The molecule has 6 rings (SSSR count). The second-order valence-corrected chi connectivity index (χ2v) is 9.05. The van der Waals surface area contributed by atoms with Gasteiger partial charge in [-0.1, -0.05) is 0 Å². The quantitative estimate of drug-likeness (QED) is 0.366. The smallest absolute Gasteiger partial charge is 0.223 e. The first kappa shape index (κ1) is 20.3. The van der Waals surface area contributed by atoms with Gasteiger partial charge in [-0.15, -0.1) is 0 Å². The maximum atomic E-state index is 6.14. The number of imidazole rings is 1. The highest BCUT2D eigenvalue weighted by Gasteiger charge is 2.37. The van der Waals surface area contributed by atoms with Crippen molar-refractivity contribution in [3.05, 3.63) is 60.8 Å². The minimum absolute atomic E-state index is 0.0882. The molecular weight excluding hydrogens is 428 g/mol. The number of hydrogen-bond acceptors (Lipinski definition) is 8. The summed E-state index contributed by atoms with van der Waals surface area (Å²) >= 11 is 0. The van der Waals surface area contributed by atoms with Gasteiger partial charge in [0, 0.05) is 24.3 Å². The van der Waals surface area contributed by atoms with Gasteiger partial charge in [-0.25, -0.2) is 24.9 Å². The molecule has 0 aliphatic heterocycles. The van der Waals surface area contributed by atoms with E-state index in [2.05, 4.69) is 42.5 Å². The summed E-state index contributed by atoms with van der Waals surface area (Å²) < 4.78 is 8.12. The molecule has 0 bridgehead atoms. The van der Waals surface area contributed by atoms with Crippen LogP contribution in [0.25, 0.3) is 22.1 Å². The van der Waals surface area contributed by atoms with Crippen LogP contribution < -0.4 is 15.4 Å². The molecule has 1 aliphatic rings. The highest BCUT2D eigenvalue weighted by Crippen LogP contribution is 2.37. The van der Waals surface area contributed by atoms with Crippen molar-refractivity contribution < 1.29 is 4.74 Å². The number of anilines is 3. The standard InChI is InChI=1S/C25H24N8O/c1-15-10-16(4-7-21(15)34-17-5-6-20-18(11-17)29-14-33(20)3)30-23-22-19(27-13-28-23)12-26-24(31-22)32-25(2)8-9-25/h4-7,10-14H,8-9H2,1-3H3,(H,26,31,32)(H,27,28,30). The third-order valence-electron chi connectivity index (χ3n) is 6.15. The van der Waals surface area contributed by atoms with Crippen LogP contribution in [0.5, 0.6) is 11.5 Å². The number of rotatable bonds is 6. The summed E-state index contributed by atoms with van der Waals surface area (Å²) in [5, 5.41) is 6.77. The molecule has 3 heterocycles. The average Bonchev–Trinajstić information content (AvgIpc) is 3.44. The van der Waals surface area contributed by atoms with Crippen molar-refractivity contribution in [1.82, 2.24) is 29.5 Å². The van der Waals surface area contributed by atoms with Crippen molar-refractivity contribution in [3.63, 3.8) is 0 Å². The number of nitrogens with zero attached hydrogens (tertiary/aromatic N) is 6. The van der Waals surface area contributed by atoms with Crippen molar-refractivity contribution in [2.75, 3.05) is 10.6 Å². The lowest BCUT2D eigenvalue weighted by Crippen LogP contribution is -2.18. The van der Waals surface area contributed by atoms with Gasteiger partial charge >= 0.3 is 0 Å². The Labute approximate surface area is 196 Å². The van der Waals surface area contributed by atoms with E-state index >= 15 is 0 Å². The van der Waals surface area contributed by atoms with E-state index in [0.29, 0.717) is 22.8 Å². The lowest BCUT2D eigenvalue weighted by molar-refractivity contribution is 0.479. The van der Waals surface area contributed by atoms with Gasteiger partial charge in [-0.05, 0) is 62.6 Å². The molecule has 9 nitrogen and oxygen atoms in total. The van der Waals surface area contributed by atoms with Gasteiger partial charge in [0.05, 0.1) is 23.6 Å². The molecule has 2 aromatic carbocycles. The summed E-state index contributed by atoms with van der Waals surface area (Å²) in [4.78, 5) is 22.2. The Balaban J connectivity index is 1.25. The van der Waals surface area contributed by atoms with Crippen LogP contribution in [0.3, 0.4) is 0 Å². The Morgan fingerprint density at radius 3 is 2.71 bits per heavy atom. The topological polar surface area (TPSA) is 103 Å². The van der Waals surface area contributed by atoms with E-state index in [9.17, 15) is 0 Å². The molecule has 0 radical (unpaired) electrons. The van der Waals surface area contributed by atoms with Gasteiger partial charge in [0.2, 0.25) is 5.95 Å². The first-order chi connectivity index (χ1) is 16.5. The van der Waals surface area contributed by atoms with Crippen molar-refractivity contribution in [2.24, 2.45) is 7.05 Å². The zero-order chi connectivity index (χ0) is 23.3. The zero-order valence-electron chi connectivity index (χ0n) is 19.2. The Bertz CT molecular complexity index is 1540. The predicted octanol–water partition coefficient (Wildman–Crippen LogP) is 5.12. The number of aryl methyl sites for hydroxylation is 2. The van der Waals surface area contributed by atoms with E-state index in [1.165, 1.54) is 6.33 Å². The Morgan fingerprint density at radius 1 is 1.00 bits per heavy atom. The minimum atomic E-state index is 0.0882. The third-order valence-corrected chi connectivity index (χ3v) is 6.15. The molecule has 0 amide bonds. The maximum Gasteiger partial charge on any atom is 0.223 e. The lowest BCUT2D eigenvalue weighted by atomic mass is 10.2. The Morgan fingerprint density at radius 2 is 1.88 bits per heavy atom. The van der Waals surface area contributed by atoms with E-state index in [0.717, 1.165) is 46.6 Å². The largest absolute Gasteiger partial charge is 0.457 e. The fraction of sp³-hybridized carbons (Fsp3) is 0.240. The van der Waals surface area contributed by atoms with Crippen LogP contribution in [0.4, 0.5) is 17.5 Å². The molecule has 2 N–H and O–H groups in total. The number of nitrogens with one attached hydrogen (secondary N) is 2. The van der Waals surface area contributed by atoms with Gasteiger partial charge in [0.15, 0.2) is 5.82 Å². The second kappa shape index (κ2) is 7.65. The second-order valence-electron chi connectivity index (χ2n) is 9.05. The molecule has 34 heavy (non-hydrogen) atoms. The molecule has 1 fully saturated rings. The SMILES string of the molecule is Cc1cc(Nc2ncnc3cnc(NC4(C)CC4)nc23)ccc1Oc1ccc2c(c1)ncn2C. The monoisotopic (exact) mass is 452 g/mol. The fourth-order valence-electron chi connectivity index (χ4n) is 3.87.